The van der Waals surface area contributed by atoms with Crippen LogP contribution in [0.1, 0.15) is 35.3 Å². The minimum Gasteiger partial charge on any atom is -0.384 e. The number of hydrogen-bond acceptors (Lipinski definition) is 3. The Morgan fingerprint density at radius 3 is 2.63 bits per heavy atom. The lowest BCUT2D eigenvalue weighted by atomic mass is 10.0. The number of carbonyl (C=O) groups excluding carboxylic acids is 1. The molecule has 4 rings (SSSR count). The Balaban J connectivity index is 1.48. The zero-order chi connectivity index (χ0) is 13.1. The number of aryl methyl sites for hydroxylation is 1. The van der Waals surface area contributed by atoms with Crippen LogP contribution >= 0.6 is 0 Å². The van der Waals surface area contributed by atoms with E-state index in [4.69, 9.17) is 5.73 Å². The van der Waals surface area contributed by atoms with E-state index in [-0.39, 0.29) is 5.91 Å². The van der Waals surface area contributed by atoms with Crippen molar-refractivity contribution in [2.24, 2.45) is 23.7 Å². The average Bonchev–Trinajstić information content (AvgIpc) is 2.76. The molecule has 1 amide bonds. The molecule has 3 N–H and O–H groups in total. The number of pyridine rings is 1. The van der Waals surface area contributed by atoms with Crippen molar-refractivity contribution in [1.82, 2.24) is 10.3 Å². The van der Waals surface area contributed by atoms with Gasteiger partial charge < -0.3 is 11.1 Å². The maximum Gasteiger partial charge on any atom is 0.251 e. The number of nitrogens with zero attached hydrogens (tertiary/aromatic N) is 1. The molecule has 4 nitrogen and oxygen atoms in total. The molecule has 4 unspecified atom stereocenters. The quantitative estimate of drug-likeness (QED) is 0.848. The number of amides is 1. The van der Waals surface area contributed by atoms with Crippen LogP contribution < -0.4 is 11.1 Å². The van der Waals surface area contributed by atoms with Crippen molar-refractivity contribution in [3.8, 4) is 0 Å². The molecule has 100 valence electrons. The van der Waals surface area contributed by atoms with E-state index in [1.54, 1.807) is 12.1 Å². The maximum atomic E-state index is 12.3. The number of anilines is 1. The maximum absolute atomic E-state index is 12.3. The standard InChI is InChI=1S/C15H19N3O/c1-7-4-10(6-11(16)17-7)15(19)18-14-12-8-2-3-9(5-8)13(12)14/h4,6,8-9,12-14H,2-3,5H2,1H3,(H2,16,17)(H,18,19). The monoisotopic (exact) mass is 257 g/mol. The molecule has 3 fully saturated rings. The summed E-state index contributed by atoms with van der Waals surface area (Å²) < 4.78 is 0. The first-order valence-electron chi connectivity index (χ1n) is 7.18. The summed E-state index contributed by atoms with van der Waals surface area (Å²) in [7, 11) is 0. The van der Waals surface area contributed by atoms with Crippen molar-refractivity contribution in [2.45, 2.75) is 32.2 Å². The molecule has 3 aliphatic carbocycles. The van der Waals surface area contributed by atoms with Gasteiger partial charge in [-0.15, -0.1) is 0 Å². The van der Waals surface area contributed by atoms with Gasteiger partial charge in [0.05, 0.1) is 0 Å². The van der Waals surface area contributed by atoms with Crippen molar-refractivity contribution in [2.75, 3.05) is 5.73 Å². The molecule has 0 aliphatic heterocycles. The molecule has 0 radical (unpaired) electrons. The largest absolute Gasteiger partial charge is 0.384 e. The Hall–Kier alpha value is -1.58. The summed E-state index contributed by atoms with van der Waals surface area (Å²) in [6, 6.07) is 3.89. The number of nitrogen functional groups attached to an aromatic ring is 1. The van der Waals surface area contributed by atoms with Crippen molar-refractivity contribution in [3.05, 3.63) is 23.4 Å². The smallest absolute Gasteiger partial charge is 0.251 e. The van der Waals surface area contributed by atoms with E-state index in [9.17, 15) is 4.79 Å². The van der Waals surface area contributed by atoms with E-state index in [0.717, 1.165) is 29.4 Å². The molecule has 1 aromatic rings. The fraction of sp³-hybridized carbons (Fsp3) is 0.600. The van der Waals surface area contributed by atoms with E-state index in [2.05, 4.69) is 10.3 Å². The molecular formula is C15H19N3O. The van der Waals surface area contributed by atoms with Crippen LogP contribution in [0.25, 0.3) is 0 Å². The third-order valence-electron chi connectivity index (χ3n) is 5.27. The van der Waals surface area contributed by atoms with Gasteiger partial charge in [-0.25, -0.2) is 4.98 Å². The molecule has 4 heteroatoms. The Morgan fingerprint density at radius 2 is 2.00 bits per heavy atom. The van der Waals surface area contributed by atoms with Crippen LogP contribution in [0.2, 0.25) is 0 Å². The van der Waals surface area contributed by atoms with E-state index in [1.807, 2.05) is 6.92 Å². The highest BCUT2D eigenvalue weighted by Crippen LogP contribution is 2.65. The summed E-state index contributed by atoms with van der Waals surface area (Å²) in [5.41, 5.74) is 7.13. The highest BCUT2D eigenvalue weighted by atomic mass is 16.1. The van der Waals surface area contributed by atoms with E-state index in [0.29, 0.717) is 17.4 Å². The predicted molar refractivity (Wildman–Crippen MR) is 72.5 cm³/mol. The summed E-state index contributed by atoms with van der Waals surface area (Å²) >= 11 is 0. The SMILES string of the molecule is Cc1cc(C(=O)NC2C3C4CCC(C4)C23)cc(N)n1. The highest BCUT2D eigenvalue weighted by Gasteiger charge is 2.65. The number of fused-ring (bicyclic) bond motifs is 5. The molecule has 3 saturated carbocycles. The van der Waals surface area contributed by atoms with Crippen LogP contribution in [0, 0.1) is 30.6 Å². The second kappa shape index (κ2) is 3.71. The van der Waals surface area contributed by atoms with Crippen LogP contribution in [-0.2, 0) is 0 Å². The van der Waals surface area contributed by atoms with Crippen molar-refractivity contribution < 1.29 is 4.79 Å². The first-order valence-corrected chi connectivity index (χ1v) is 7.18. The third kappa shape index (κ3) is 1.66. The lowest BCUT2D eigenvalue weighted by molar-refractivity contribution is 0.0944. The molecule has 0 aromatic carbocycles. The van der Waals surface area contributed by atoms with Gasteiger partial charge in [0.15, 0.2) is 0 Å². The third-order valence-corrected chi connectivity index (χ3v) is 5.27. The van der Waals surface area contributed by atoms with Crippen LogP contribution in [0.3, 0.4) is 0 Å². The molecule has 0 spiro atoms. The molecule has 2 bridgehead atoms. The highest BCUT2D eigenvalue weighted by molar-refractivity contribution is 5.95. The average molecular weight is 257 g/mol. The van der Waals surface area contributed by atoms with Crippen LogP contribution in [0.4, 0.5) is 5.82 Å². The Bertz CT molecular complexity index is 520. The minimum atomic E-state index is 0.0102. The number of aromatic nitrogens is 1. The number of rotatable bonds is 2. The lowest BCUT2D eigenvalue weighted by Gasteiger charge is -2.11. The van der Waals surface area contributed by atoms with Gasteiger partial charge >= 0.3 is 0 Å². The van der Waals surface area contributed by atoms with Gasteiger partial charge in [-0.3, -0.25) is 4.79 Å². The van der Waals surface area contributed by atoms with E-state index < -0.39 is 0 Å². The first kappa shape index (κ1) is 11.3. The summed E-state index contributed by atoms with van der Waals surface area (Å²) in [4.78, 5) is 16.4. The Kier molecular flexibility index (Phi) is 2.20. The minimum absolute atomic E-state index is 0.0102. The molecule has 0 saturated heterocycles. The molecule has 4 atom stereocenters. The Labute approximate surface area is 112 Å². The van der Waals surface area contributed by atoms with Gasteiger partial charge in [0.25, 0.3) is 5.91 Å². The summed E-state index contributed by atoms with van der Waals surface area (Å²) in [6.45, 7) is 1.86. The molecule has 1 aromatic heterocycles. The first-order chi connectivity index (χ1) is 9.13. The molecule has 3 aliphatic rings. The van der Waals surface area contributed by atoms with Crippen LogP contribution in [0.15, 0.2) is 12.1 Å². The van der Waals surface area contributed by atoms with Gasteiger partial charge in [-0.05, 0) is 62.0 Å². The summed E-state index contributed by atoms with van der Waals surface area (Å²) in [5.74, 6) is 3.72. The number of nitrogens with two attached hydrogens (primary N) is 1. The summed E-state index contributed by atoms with van der Waals surface area (Å²) in [6.07, 6.45) is 4.15. The fourth-order valence-electron chi connectivity index (χ4n) is 4.58. The van der Waals surface area contributed by atoms with Crippen molar-refractivity contribution in [1.29, 1.82) is 0 Å². The van der Waals surface area contributed by atoms with Gasteiger partial charge in [-0.2, -0.15) is 0 Å². The normalized spacial score (nSPS) is 38.1. The molecule has 19 heavy (non-hydrogen) atoms. The van der Waals surface area contributed by atoms with Crippen LogP contribution in [-0.4, -0.2) is 16.9 Å². The van der Waals surface area contributed by atoms with Crippen LogP contribution in [0.5, 0.6) is 0 Å². The second-order valence-electron chi connectivity index (χ2n) is 6.41. The topological polar surface area (TPSA) is 68.0 Å². The predicted octanol–water partition coefficient (Wildman–Crippen LogP) is 1.75. The summed E-state index contributed by atoms with van der Waals surface area (Å²) in [5, 5.41) is 3.21. The molecule has 1 heterocycles. The lowest BCUT2D eigenvalue weighted by Crippen LogP contribution is -2.30. The number of hydrogen-bond donors (Lipinski definition) is 2. The second-order valence-corrected chi connectivity index (χ2v) is 6.41. The van der Waals surface area contributed by atoms with Crippen molar-refractivity contribution in [3.63, 3.8) is 0 Å². The molecular weight excluding hydrogens is 238 g/mol. The van der Waals surface area contributed by atoms with Gasteiger partial charge in [0.1, 0.15) is 5.82 Å². The number of nitrogens with one attached hydrogen (secondary N) is 1. The fourth-order valence-corrected chi connectivity index (χ4v) is 4.58. The van der Waals surface area contributed by atoms with E-state index >= 15 is 0 Å². The zero-order valence-electron chi connectivity index (χ0n) is 11.1. The zero-order valence-corrected chi connectivity index (χ0v) is 11.1. The van der Waals surface area contributed by atoms with Gasteiger partial charge in [-0.1, -0.05) is 0 Å². The number of carbonyl (C=O) groups is 1. The van der Waals surface area contributed by atoms with Gasteiger partial charge in [0, 0.05) is 17.3 Å². The Morgan fingerprint density at radius 1 is 1.32 bits per heavy atom. The van der Waals surface area contributed by atoms with Gasteiger partial charge in [0.2, 0.25) is 0 Å². The van der Waals surface area contributed by atoms with Crippen molar-refractivity contribution >= 4 is 11.7 Å². The van der Waals surface area contributed by atoms with E-state index in [1.165, 1.54) is 19.3 Å².